The van der Waals surface area contributed by atoms with Gasteiger partial charge in [-0.3, -0.25) is 24.0 Å². The summed E-state index contributed by atoms with van der Waals surface area (Å²) in [5.41, 5.74) is -0.444. The van der Waals surface area contributed by atoms with Crippen LogP contribution in [0.1, 0.15) is 138 Å². The normalized spacial score (nSPS) is 16.9. The summed E-state index contributed by atoms with van der Waals surface area (Å²) >= 11 is 7.05. The maximum absolute atomic E-state index is 14.9. The molecule has 10 nitrogen and oxygen atoms in total. The molecule has 2 aliphatic rings. The molecule has 1 heterocycles. The molecule has 1 saturated carbocycles. The first kappa shape index (κ1) is 53.7. The number of carbonyl (C=O) groups is 5. The fourth-order valence-corrected chi connectivity index (χ4v) is 10.5. The standard InChI is InChI=1S/C56H68ClF3N4O6/c1-39(2)49(62(5)52(68)54(3,4)64(53(69)56(58,59)60)38-40-23-13-11-14-24-40)50(66)61-47(51(67)63-35-21-22-36-63)37-48(65)70-55(43-27-17-12-18-28-43,45-29-19-20-30-46(45)57)44-33-31-42(32-34-44)41-25-15-9-7-6-8-10-16-26-41/h11-14,17-20,23-24,27-34,39,41,47,49H,6-10,15-16,21-22,25-26,35-38H2,1-5H3,(H,61,66)/t47-,49-,55?/m0/s1. The summed E-state index contributed by atoms with van der Waals surface area (Å²) in [4.78, 5) is 74.5. The highest BCUT2D eigenvalue weighted by molar-refractivity contribution is 6.31. The molecule has 0 spiro atoms. The van der Waals surface area contributed by atoms with Crippen LogP contribution in [-0.4, -0.2) is 88.2 Å². The van der Waals surface area contributed by atoms with E-state index in [4.69, 9.17) is 16.3 Å². The molecule has 70 heavy (non-hydrogen) atoms. The summed E-state index contributed by atoms with van der Waals surface area (Å²) in [7, 11) is 1.28. The van der Waals surface area contributed by atoms with Crippen molar-refractivity contribution in [2.45, 2.75) is 147 Å². The molecule has 376 valence electrons. The molecule has 1 aliphatic heterocycles. The van der Waals surface area contributed by atoms with Gasteiger partial charge in [-0.15, -0.1) is 0 Å². The average molecular weight is 986 g/mol. The third-order valence-corrected chi connectivity index (χ3v) is 14.3. The predicted octanol–water partition coefficient (Wildman–Crippen LogP) is 11.1. The topological polar surface area (TPSA) is 116 Å². The van der Waals surface area contributed by atoms with Crippen molar-refractivity contribution in [3.8, 4) is 0 Å². The van der Waals surface area contributed by atoms with E-state index in [0.29, 0.717) is 64.0 Å². The van der Waals surface area contributed by atoms with Crippen LogP contribution in [0.5, 0.6) is 0 Å². The third kappa shape index (κ3) is 12.8. The zero-order valence-electron chi connectivity index (χ0n) is 41.1. The van der Waals surface area contributed by atoms with Gasteiger partial charge in [0.1, 0.15) is 17.6 Å². The monoisotopic (exact) mass is 984 g/mol. The van der Waals surface area contributed by atoms with Gasteiger partial charge in [0, 0.05) is 48.4 Å². The Labute approximate surface area is 416 Å². The number of amides is 4. The van der Waals surface area contributed by atoms with E-state index in [1.807, 2.05) is 48.5 Å². The smallest absolute Gasteiger partial charge is 0.444 e. The van der Waals surface area contributed by atoms with Gasteiger partial charge >= 0.3 is 18.1 Å². The second-order valence-electron chi connectivity index (χ2n) is 19.7. The lowest BCUT2D eigenvalue weighted by Gasteiger charge is -2.42. The molecule has 4 amide bonds. The van der Waals surface area contributed by atoms with Crippen molar-refractivity contribution < 1.29 is 41.9 Å². The van der Waals surface area contributed by atoms with Crippen LogP contribution in [0.2, 0.25) is 5.02 Å². The molecule has 3 atom stereocenters. The Hall–Kier alpha value is -5.69. The van der Waals surface area contributed by atoms with E-state index in [9.17, 15) is 37.1 Å². The first-order valence-electron chi connectivity index (χ1n) is 24.8. The fourth-order valence-electron chi connectivity index (χ4n) is 10.2. The molecule has 1 aliphatic carbocycles. The van der Waals surface area contributed by atoms with Gasteiger partial charge in [0.25, 0.3) is 0 Å². The first-order valence-corrected chi connectivity index (χ1v) is 25.2. The van der Waals surface area contributed by atoms with Crippen LogP contribution in [0.4, 0.5) is 13.2 Å². The quantitative estimate of drug-likeness (QED) is 0.0883. The number of likely N-dealkylation sites (N-methyl/N-ethyl adjacent to an activating group) is 1. The average Bonchev–Trinajstić information content (AvgIpc) is 3.89. The second-order valence-corrected chi connectivity index (χ2v) is 20.1. The Kier molecular flexibility index (Phi) is 18.4. The Morgan fingerprint density at radius 1 is 0.714 bits per heavy atom. The summed E-state index contributed by atoms with van der Waals surface area (Å²) < 4.78 is 49.2. The van der Waals surface area contributed by atoms with Crippen LogP contribution >= 0.6 is 11.6 Å². The van der Waals surface area contributed by atoms with Crippen LogP contribution < -0.4 is 5.32 Å². The van der Waals surface area contributed by atoms with Crippen molar-refractivity contribution in [2.75, 3.05) is 20.1 Å². The number of esters is 1. The van der Waals surface area contributed by atoms with Gasteiger partial charge in [-0.25, -0.2) is 0 Å². The first-order chi connectivity index (χ1) is 33.4. The molecule has 6 rings (SSSR count). The summed E-state index contributed by atoms with van der Waals surface area (Å²) in [5.74, 6) is -5.60. The van der Waals surface area contributed by atoms with Crippen molar-refractivity contribution >= 4 is 41.2 Å². The van der Waals surface area contributed by atoms with E-state index in [0.717, 1.165) is 30.6 Å². The maximum atomic E-state index is 14.9. The molecule has 0 aromatic heterocycles. The van der Waals surface area contributed by atoms with E-state index in [2.05, 4.69) is 17.4 Å². The molecular weight excluding hydrogens is 917 g/mol. The predicted molar refractivity (Wildman–Crippen MR) is 265 cm³/mol. The highest BCUT2D eigenvalue weighted by Gasteiger charge is 2.51. The summed E-state index contributed by atoms with van der Waals surface area (Å²) in [6.07, 6.45) is 6.21. The zero-order valence-corrected chi connectivity index (χ0v) is 41.9. The minimum atomic E-state index is -5.31. The Balaban J connectivity index is 1.34. The van der Waals surface area contributed by atoms with Gasteiger partial charge in [0.15, 0.2) is 5.60 Å². The van der Waals surface area contributed by atoms with Crippen molar-refractivity contribution in [2.24, 2.45) is 5.92 Å². The van der Waals surface area contributed by atoms with Gasteiger partial charge in [-0.2, -0.15) is 13.2 Å². The number of carbonyl (C=O) groups excluding carboxylic acids is 5. The number of rotatable bonds is 16. The Bertz CT molecular complexity index is 2380. The lowest BCUT2D eigenvalue weighted by atomic mass is 9.78. The zero-order chi connectivity index (χ0) is 50.6. The van der Waals surface area contributed by atoms with Gasteiger partial charge < -0.3 is 24.8 Å². The molecule has 1 unspecified atom stereocenters. The number of halogens is 4. The van der Waals surface area contributed by atoms with Gasteiger partial charge in [0.05, 0.1) is 6.42 Å². The molecule has 2 fully saturated rings. The molecule has 1 N–H and O–H groups in total. The lowest BCUT2D eigenvalue weighted by molar-refractivity contribution is -0.194. The van der Waals surface area contributed by atoms with E-state index in [-0.39, 0.29) is 0 Å². The molecule has 14 heteroatoms. The molecule has 4 aromatic carbocycles. The molecule has 4 aromatic rings. The number of nitrogens with one attached hydrogen (secondary N) is 1. The molecular formula is C56H68ClF3N4O6. The van der Waals surface area contributed by atoms with Crippen LogP contribution in [0, 0.1) is 5.92 Å². The minimum Gasteiger partial charge on any atom is -0.444 e. The number of hydrogen-bond acceptors (Lipinski definition) is 6. The minimum absolute atomic E-state index is 0.336. The van der Waals surface area contributed by atoms with Gasteiger partial charge in [0.2, 0.25) is 17.7 Å². The van der Waals surface area contributed by atoms with E-state index in [1.54, 1.807) is 67.3 Å². The van der Waals surface area contributed by atoms with E-state index in [1.165, 1.54) is 58.6 Å². The maximum Gasteiger partial charge on any atom is 0.471 e. The van der Waals surface area contributed by atoms with Crippen LogP contribution in [-0.2, 0) is 40.9 Å². The number of nitrogens with zero attached hydrogens (tertiary/aromatic N) is 3. The third-order valence-electron chi connectivity index (χ3n) is 14.0. The summed E-state index contributed by atoms with van der Waals surface area (Å²) in [5, 5.41) is 3.11. The Morgan fingerprint density at radius 2 is 1.24 bits per heavy atom. The van der Waals surface area contributed by atoms with Crippen LogP contribution in [0.15, 0.2) is 109 Å². The molecule has 1 saturated heterocycles. The number of benzene rings is 4. The SMILES string of the molecule is CC(C)[C@@H](C(=O)N[C@@H](CC(=O)OC(c1ccccc1)(c1ccc(C2CCCCCCCCC2)cc1)c1ccccc1Cl)C(=O)N1CCCC1)N(C)C(=O)C(C)(C)N(Cc1ccccc1)C(=O)C(F)(F)F. The summed E-state index contributed by atoms with van der Waals surface area (Å²) in [6, 6.07) is 29.7. The van der Waals surface area contributed by atoms with Crippen molar-refractivity contribution in [3.63, 3.8) is 0 Å². The highest BCUT2D eigenvalue weighted by atomic mass is 35.5. The van der Waals surface area contributed by atoms with E-state index < -0.39 is 77.9 Å². The lowest BCUT2D eigenvalue weighted by Crippen LogP contribution is -2.63. The van der Waals surface area contributed by atoms with Gasteiger partial charge in [-0.1, -0.05) is 174 Å². The second kappa shape index (κ2) is 23.9. The number of likely N-dealkylation sites (tertiary alicyclic amines) is 1. The largest absolute Gasteiger partial charge is 0.471 e. The van der Waals surface area contributed by atoms with Crippen molar-refractivity contribution in [1.29, 1.82) is 0 Å². The molecule has 0 radical (unpaired) electrons. The fraction of sp³-hybridized carbons (Fsp3) is 0.482. The number of alkyl halides is 3. The summed E-state index contributed by atoms with van der Waals surface area (Å²) in [6.45, 7) is 5.96. The van der Waals surface area contributed by atoms with Crippen molar-refractivity contribution in [1.82, 2.24) is 20.0 Å². The van der Waals surface area contributed by atoms with Crippen LogP contribution in [0.25, 0.3) is 0 Å². The number of ether oxygens (including phenoxy) is 1. The van der Waals surface area contributed by atoms with Crippen LogP contribution in [0.3, 0.4) is 0 Å². The molecule has 0 bridgehead atoms. The highest BCUT2D eigenvalue weighted by Crippen LogP contribution is 2.45. The number of hydrogen-bond donors (Lipinski definition) is 1. The van der Waals surface area contributed by atoms with E-state index >= 15 is 0 Å². The Morgan fingerprint density at radius 3 is 1.80 bits per heavy atom. The van der Waals surface area contributed by atoms with Gasteiger partial charge in [-0.05, 0) is 68.6 Å². The van der Waals surface area contributed by atoms with Crippen molar-refractivity contribution in [3.05, 3.63) is 142 Å².